The zero-order valence-corrected chi connectivity index (χ0v) is 12.7. The maximum absolute atomic E-state index is 12.3. The average molecular weight is 324 g/mol. The van der Waals surface area contributed by atoms with E-state index in [9.17, 15) is 4.79 Å². The van der Waals surface area contributed by atoms with Crippen LogP contribution in [0.4, 0.5) is 0 Å². The van der Waals surface area contributed by atoms with E-state index in [0.717, 1.165) is 10.9 Å². The third kappa shape index (κ3) is 3.01. The van der Waals surface area contributed by atoms with E-state index in [1.807, 2.05) is 48.5 Å². The van der Waals surface area contributed by atoms with Gasteiger partial charge in [0.15, 0.2) is 0 Å². The maximum Gasteiger partial charge on any atom is 0.344 e. The lowest BCUT2D eigenvalue weighted by Gasteiger charge is -2.11. The first-order chi connectivity index (χ1) is 11.8. The lowest BCUT2D eigenvalue weighted by Crippen LogP contribution is -2.39. The van der Waals surface area contributed by atoms with Gasteiger partial charge in [0.05, 0.1) is 5.56 Å². The SMILES string of the molecule is O=c1oc2cc(OCC3NNNN3)ccc2cc1-c1ccccc1. The second kappa shape index (κ2) is 6.42. The van der Waals surface area contributed by atoms with E-state index >= 15 is 0 Å². The Hall–Kier alpha value is -2.71. The topological polar surface area (TPSA) is 87.6 Å². The van der Waals surface area contributed by atoms with Crippen molar-refractivity contribution in [3.63, 3.8) is 0 Å². The highest BCUT2D eigenvalue weighted by Crippen LogP contribution is 2.24. The first-order valence-electron chi connectivity index (χ1n) is 7.57. The van der Waals surface area contributed by atoms with Crippen LogP contribution in [0.2, 0.25) is 0 Å². The Morgan fingerprint density at radius 3 is 2.58 bits per heavy atom. The predicted molar refractivity (Wildman–Crippen MR) is 89.7 cm³/mol. The van der Waals surface area contributed by atoms with Crippen LogP contribution in [0.3, 0.4) is 0 Å². The fourth-order valence-corrected chi connectivity index (χ4v) is 2.55. The van der Waals surface area contributed by atoms with Crippen LogP contribution in [0.25, 0.3) is 22.1 Å². The number of rotatable bonds is 4. The largest absolute Gasteiger partial charge is 0.490 e. The van der Waals surface area contributed by atoms with Crippen molar-refractivity contribution in [2.75, 3.05) is 6.61 Å². The van der Waals surface area contributed by atoms with E-state index in [2.05, 4.69) is 21.9 Å². The van der Waals surface area contributed by atoms with E-state index in [1.54, 1.807) is 6.07 Å². The van der Waals surface area contributed by atoms with E-state index in [4.69, 9.17) is 9.15 Å². The lowest BCUT2D eigenvalue weighted by atomic mass is 10.1. The van der Waals surface area contributed by atoms with Crippen molar-refractivity contribution >= 4 is 11.0 Å². The molecule has 0 saturated carbocycles. The molecule has 0 spiro atoms. The van der Waals surface area contributed by atoms with Crippen molar-refractivity contribution in [2.24, 2.45) is 0 Å². The summed E-state index contributed by atoms with van der Waals surface area (Å²) in [5, 5.41) is 0.848. The van der Waals surface area contributed by atoms with Crippen molar-refractivity contribution in [2.45, 2.75) is 6.17 Å². The molecule has 0 amide bonds. The van der Waals surface area contributed by atoms with E-state index < -0.39 is 0 Å². The highest BCUT2D eigenvalue weighted by atomic mass is 16.5. The number of hydrazine groups is 3. The van der Waals surface area contributed by atoms with Crippen molar-refractivity contribution < 1.29 is 9.15 Å². The molecule has 1 aliphatic heterocycles. The minimum Gasteiger partial charge on any atom is -0.490 e. The summed E-state index contributed by atoms with van der Waals surface area (Å²) in [5.74, 6) is 0.633. The first-order valence-corrected chi connectivity index (χ1v) is 7.57. The molecule has 4 N–H and O–H groups in total. The van der Waals surface area contributed by atoms with Gasteiger partial charge in [0.25, 0.3) is 0 Å². The molecule has 0 atom stereocenters. The fraction of sp³-hybridized carbons (Fsp3) is 0.118. The van der Waals surface area contributed by atoms with Crippen LogP contribution < -0.4 is 32.3 Å². The minimum atomic E-state index is -0.363. The standard InChI is InChI=1S/C17H16N4O3/c22-17-14(11-4-2-1-3-5-11)8-12-6-7-13(9-15(12)24-17)23-10-16-18-20-21-19-16/h1-9,16,18-21H,10H2. The van der Waals surface area contributed by atoms with Crippen LogP contribution in [0.15, 0.2) is 63.8 Å². The molecule has 24 heavy (non-hydrogen) atoms. The first kappa shape index (κ1) is 14.9. The Balaban J connectivity index is 1.62. The van der Waals surface area contributed by atoms with Crippen molar-refractivity contribution in [1.29, 1.82) is 0 Å². The molecule has 2 aromatic carbocycles. The van der Waals surface area contributed by atoms with Gasteiger partial charge in [-0.15, -0.1) is 0 Å². The zero-order chi connectivity index (χ0) is 16.4. The molecule has 1 aliphatic rings. The molecule has 7 nitrogen and oxygen atoms in total. The van der Waals surface area contributed by atoms with Gasteiger partial charge >= 0.3 is 5.63 Å². The summed E-state index contributed by atoms with van der Waals surface area (Å²) in [4.78, 5) is 12.3. The van der Waals surface area contributed by atoms with Gasteiger partial charge in [-0.05, 0) is 23.8 Å². The summed E-state index contributed by atoms with van der Waals surface area (Å²) in [6, 6.07) is 16.8. The number of benzene rings is 2. The molecule has 1 fully saturated rings. The van der Waals surface area contributed by atoms with Gasteiger partial charge in [0.2, 0.25) is 0 Å². The highest BCUT2D eigenvalue weighted by Gasteiger charge is 2.13. The molecule has 0 unspecified atom stereocenters. The molecular weight excluding hydrogens is 308 g/mol. The third-order valence-electron chi connectivity index (χ3n) is 3.76. The summed E-state index contributed by atoms with van der Waals surface area (Å²) >= 11 is 0. The lowest BCUT2D eigenvalue weighted by molar-refractivity contribution is 0.260. The Labute approximate surface area is 137 Å². The number of hydrogen-bond acceptors (Lipinski definition) is 7. The maximum atomic E-state index is 12.3. The predicted octanol–water partition coefficient (Wildman–Crippen LogP) is 1.28. The molecular formula is C17H16N4O3. The van der Waals surface area contributed by atoms with Crippen LogP contribution >= 0.6 is 0 Å². The number of nitrogens with one attached hydrogen (secondary N) is 4. The quantitative estimate of drug-likeness (QED) is 0.538. The van der Waals surface area contributed by atoms with Crippen molar-refractivity contribution in [1.82, 2.24) is 21.9 Å². The summed E-state index contributed by atoms with van der Waals surface area (Å²) in [7, 11) is 0. The van der Waals surface area contributed by atoms with E-state index in [-0.39, 0.29) is 11.8 Å². The summed E-state index contributed by atoms with van der Waals surface area (Å²) in [6.45, 7) is 0.401. The summed E-state index contributed by atoms with van der Waals surface area (Å²) < 4.78 is 11.2. The molecule has 4 rings (SSSR count). The van der Waals surface area contributed by atoms with Gasteiger partial charge < -0.3 is 9.15 Å². The van der Waals surface area contributed by atoms with Gasteiger partial charge in [0, 0.05) is 11.5 Å². The fourth-order valence-electron chi connectivity index (χ4n) is 2.55. The Kier molecular flexibility index (Phi) is 3.97. The molecule has 0 bridgehead atoms. The van der Waals surface area contributed by atoms with Crippen molar-refractivity contribution in [3.8, 4) is 16.9 Å². The van der Waals surface area contributed by atoms with Gasteiger partial charge in [-0.25, -0.2) is 15.6 Å². The summed E-state index contributed by atoms with van der Waals surface area (Å²) in [5.41, 5.74) is 12.8. The Bertz CT molecular complexity index is 905. The Morgan fingerprint density at radius 1 is 1.00 bits per heavy atom. The van der Waals surface area contributed by atoms with Gasteiger partial charge in [-0.1, -0.05) is 30.3 Å². The van der Waals surface area contributed by atoms with Gasteiger partial charge in [-0.3, -0.25) is 0 Å². The smallest absolute Gasteiger partial charge is 0.344 e. The monoisotopic (exact) mass is 324 g/mol. The van der Waals surface area contributed by atoms with E-state index in [0.29, 0.717) is 23.5 Å². The zero-order valence-electron chi connectivity index (χ0n) is 12.7. The van der Waals surface area contributed by atoms with Gasteiger partial charge in [0.1, 0.15) is 24.1 Å². The normalized spacial score (nSPS) is 15.0. The molecule has 0 aliphatic carbocycles. The molecule has 1 saturated heterocycles. The molecule has 1 aromatic heterocycles. The van der Waals surface area contributed by atoms with Crippen LogP contribution in [-0.2, 0) is 0 Å². The second-order valence-electron chi connectivity index (χ2n) is 5.42. The van der Waals surface area contributed by atoms with Crippen LogP contribution in [0.1, 0.15) is 0 Å². The average Bonchev–Trinajstić information content (AvgIpc) is 3.13. The Morgan fingerprint density at radius 2 is 1.79 bits per heavy atom. The van der Waals surface area contributed by atoms with Crippen LogP contribution in [0.5, 0.6) is 5.75 Å². The molecule has 3 aromatic rings. The van der Waals surface area contributed by atoms with Crippen molar-refractivity contribution in [3.05, 3.63) is 65.0 Å². The molecule has 122 valence electrons. The number of hydrogen-bond donors (Lipinski definition) is 4. The number of fused-ring (bicyclic) bond motifs is 1. The molecule has 7 heteroatoms. The number of ether oxygens (including phenoxy) is 1. The minimum absolute atomic E-state index is 0.0619. The van der Waals surface area contributed by atoms with Crippen LogP contribution in [-0.4, -0.2) is 12.8 Å². The molecule has 0 radical (unpaired) electrons. The molecule has 2 heterocycles. The summed E-state index contributed by atoms with van der Waals surface area (Å²) in [6.07, 6.45) is -0.0619. The third-order valence-corrected chi connectivity index (χ3v) is 3.76. The second-order valence-corrected chi connectivity index (χ2v) is 5.42. The van der Waals surface area contributed by atoms with E-state index in [1.165, 1.54) is 0 Å². The van der Waals surface area contributed by atoms with Gasteiger partial charge in [-0.2, -0.15) is 11.1 Å². The highest BCUT2D eigenvalue weighted by molar-refractivity contribution is 5.82. The van der Waals surface area contributed by atoms with Crippen LogP contribution in [0, 0.1) is 0 Å².